The molecule has 2 aliphatic heterocycles. The van der Waals surface area contributed by atoms with Crippen LogP contribution >= 0.6 is 0 Å². The molecule has 0 radical (unpaired) electrons. The summed E-state index contributed by atoms with van der Waals surface area (Å²) in [5.41, 5.74) is 1.07. The van der Waals surface area contributed by atoms with Gasteiger partial charge in [0.15, 0.2) is 0 Å². The van der Waals surface area contributed by atoms with Crippen LogP contribution in [0.25, 0.3) is 0 Å². The van der Waals surface area contributed by atoms with E-state index in [0.29, 0.717) is 19.6 Å². The lowest BCUT2D eigenvalue weighted by Crippen LogP contribution is -2.58. The first-order valence-electron chi connectivity index (χ1n) is 8.74. The number of fused-ring (bicyclic) bond motifs is 1. The summed E-state index contributed by atoms with van der Waals surface area (Å²) in [6, 6.07) is 9.99. The van der Waals surface area contributed by atoms with Crippen LogP contribution in [0.15, 0.2) is 30.3 Å². The van der Waals surface area contributed by atoms with Crippen LogP contribution in [-0.4, -0.2) is 49.8 Å². The number of hydrogen-bond acceptors (Lipinski definition) is 3. The predicted octanol–water partition coefficient (Wildman–Crippen LogP) is 2.66. The van der Waals surface area contributed by atoms with E-state index in [1.807, 2.05) is 42.2 Å². The Morgan fingerprint density at radius 3 is 3.00 bits per heavy atom. The minimum Gasteiger partial charge on any atom is -0.381 e. The van der Waals surface area contributed by atoms with E-state index in [2.05, 4.69) is 0 Å². The average molecular weight is 317 g/mol. The summed E-state index contributed by atoms with van der Waals surface area (Å²) in [5.74, 6) is 0.219. The zero-order chi connectivity index (χ0) is 16.1. The molecule has 0 unspecified atom stereocenters. The van der Waals surface area contributed by atoms with Crippen molar-refractivity contribution in [2.24, 2.45) is 5.41 Å². The Labute approximate surface area is 138 Å². The normalized spacial score (nSPS) is 27.5. The van der Waals surface area contributed by atoms with Gasteiger partial charge in [0.25, 0.3) is 0 Å². The van der Waals surface area contributed by atoms with Gasteiger partial charge in [-0.05, 0) is 31.7 Å². The molecule has 2 heterocycles. The molecule has 0 aliphatic carbocycles. The summed E-state index contributed by atoms with van der Waals surface area (Å²) in [6.45, 7) is 5.84. The number of rotatable bonds is 5. The highest BCUT2D eigenvalue weighted by molar-refractivity contribution is 5.79. The highest BCUT2D eigenvalue weighted by Crippen LogP contribution is 2.40. The van der Waals surface area contributed by atoms with Crippen LogP contribution in [0.3, 0.4) is 0 Å². The Hall–Kier alpha value is -1.39. The fraction of sp³-hybridized carbons (Fsp3) is 0.632. The Morgan fingerprint density at radius 1 is 1.39 bits per heavy atom. The van der Waals surface area contributed by atoms with Crippen LogP contribution in [0.4, 0.5) is 0 Å². The number of amides is 1. The van der Waals surface area contributed by atoms with Crippen LogP contribution in [0.5, 0.6) is 0 Å². The van der Waals surface area contributed by atoms with E-state index in [4.69, 9.17) is 9.47 Å². The minimum atomic E-state index is -0.0150. The van der Waals surface area contributed by atoms with Crippen molar-refractivity contribution in [2.75, 3.05) is 32.9 Å². The largest absolute Gasteiger partial charge is 0.381 e. The summed E-state index contributed by atoms with van der Waals surface area (Å²) in [4.78, 5) is 14.7. The first kappa shape index (κ1) is 16.5. The van der Waals surface area contributed by atoms with Crippen LogP contribution in [0.1, 0.15) is 31.7 Å². The predicted molar refractivity (Wildman–Crippen MR) is 89.2 cm³/mol. The third-order valence-corrected chi connectivity index (χ3v) is 5.13. The number of nitrogens with zero attached hydrogens (tertiary/aromatic N) is 1. The molecule has 2 saturated heterocycles. The molecule has 4 nitrogen and oxygen atoms in total. The second kappa shape index (κ2) is 7.45. The average Bonchev–Trinajstić information content (AvgIpc) is 2.60. The van der Waals surface area contributed by atoms with Crippen LogP contribution in [0, 0.1) is 5.41 Å². The molecule has 4 heteroatoms. The van der Waals surface area contributed by atoms with Crippen LogP contribution < -0.4 is 0 Å². The Balaban J connectivity index is 1.68. The highest BCUT2D eigenvalue weighted by atomic mass is 16.5. The highest BCUT2D eigenvalue weighted by Gasteiger charge is 2.47. The van der Waals surface area contributed by atoms with E-state index < -0.39 is 0 Å². The quantitative estimate of drug-likeness (QED) is 0.838. The summed E-state index contributed by atoms with van der Waals surface area (Å²) < 4.78 is 11.8. The maximum atomic E-state index is 12.7. The maximum absolute atomic E-state index is 12.7. The van der Waals surface area contributed by atoms with Crippen molar-refractivity contribution in [3.63, 3.8) is 0 Å². The van der Waals surface area contributed by atoms with Gasteiger partial charge in [0.2, 0.25) is 5.91 Å². The van der Waals surface area contributed by atoms with Crippen molar-refractivity contribution in [1.82, 2.24) is 4.90 Å². The SMILES string of the molecule is CCOC[C@]12CCCO[C@@H]1CCN(C(=O)Cc1ccccc1)C2. The number of likely N-dealkylation sites (tertiary alicyclic amines) is 1. The number of carbonyl (C=O) groups is 1. The van der Waals surface area contributed by atoms with E-state index >= 15 is 0 Å². The van der Waals surface area contributed by atoms with Gasteiger partial charge in [0.1, 0.15) is 0 Å². The lowest BCUT2D eigenvalue weighted by molar-refractivity contribution is -0.163. The molecule has 0 aromatic heterocycles. The lowest BCUT2D eigenvalue weighted by Gasteiger charge is -2.50. The van der Waals surface area contributed by atoms with Crippen molar-refractivity contribution in [3.8, 4) is 0 Å². The monoisotopic (exact) mass is 317 g/mol. The molecular weight excluding hydrogens is 290 g/mol. The smallest absolute Gasteiger partial charge is 0.227 e. The van der Waals surface area contributed by atoms with Crippen molar-refractivity contribution >= 4 is 5.91 Å². The maximum Gasteiger partial charge on any atom is 0.227 e. The Morgan fingerprint density at radius 2 is 2.22 bits per heavy atom. The zero-order valence-corrected chi connectivity index (χ0v) is 14.0. The first-order valence-corrected chi connectivity index (χ1v) is 8.74. The van der Waals surface area contributed by atoms with Crippen molar-refractivity contribution in [1.29, 1.82) is 0 Å². The van der Waals surface area contributed by atoms with Crippen LogP contribution in [0.2, 0.25) is 0 Å². The number of hydrogen-bond donors (Lipinski definition) is 0. The molecule has 1 aromatic carbocycles. The van der Waals surface area contributed by atoms with Gasteiger partial charge in [-0.2, -0.15) is 0 Å². The molecular formula is C19H27NO3. The van der Waals surface area contributed by atoms with E-state index in [1.165, 1.54) is 0 Å². The number of carbonyl (C=O) groups excluding carboxylic acids is 1. The van der Waals surface area contributed by atoms with Gasteiger partial charge in [-0.25, -0.2) is 0 Å². The van der Waals surface area contributed by atoms with Crippen molar-refractivity contribution in [2.45, 2.75) is 38.7 Å². The minimum absolute atomic E-state index is 0.0150. The third-order valence-electron chi connectivity index (χ3n) is 5.13. The van der Waals surface area contributed by atoms with E-state index in [-0.39, 0.29) is 17.4 Å². The molecule has 2 fully saturated rings. The van der Waals surface area contributed by atoms with E-state index in [9.17, 15) is 4.79 Å². The van der Waals surface area contributed by atoms with Crippen molar-refractivity contribution < 1.29 is 14.3 Å². The molecule has 2 atom stereocenters. The molecule has 0 spiro atoms. The van der Waals surface area contributed by atoms with Gasteiger partial charge < -0.3 is 14.4 Å². The zero-order valence-electron chi connectivity index (χ0n) is 14.0. The number of ether oxygens (including phenoxy) is 2. The Bertz CT molecular complexity index is 519. The molecule has 23 heavy (non-hydrogen) atoms. The number of benzene rings is 1. The van der Waals surface area contributed by atoms with Gasteiger partial charge in [-0.1, -0.05) is 30.3 Å². The summed E-state index contributed by atoms with van der Waals surface area (Å²) in [7, 11) is 0. The third kappa shape index (κ3) is 3.75. The molecule has 1 aromatic rings. The van der Waals surface area contributed by atoms with E-state index in [0.717, 1.165) is 44.5 Å². The van der Waals surface area contributed by atoms with Gasteiger partial charge in [-0.3, -0.25) is 4.79 Å². The molecule has 2 aliphatic rings. The molecule has 126 valence electrons. The van der Waals surface area contributed by atoms with Crippen LogP contribution in [-0.2, 0) is 20.7 Å². The summed E-state index contributed by atoms with van der Waals surface area (Å²) in [5, 5.41) is 0. The fourth-order valence-electron chi connectivity index (χ4n) is 3.90. The van der Waals surface area contributed by atoms with Crippen molar-refractivity contribution in [3.05, 3.63) is 35.9 Å². The first-order chi connectivity index (χ1) is 11.2. The topological polar surface area (TPSA) is 38.8 Å². The number of piperidine rings is 1. The second-order valence-electron chi connectivity index (χ2n) is 6.73. The molecule has 0 saturated carbocycles. The Kier molecular flexibility index (Phi) is 5.34. The summed E-state index contributed by atoms with van der Waals surface area (Å²) in [6.07, 6.45) is 3.80. The molecule has 0 bridgehead atoms. The lowest BCUT2D eigenvalue weighted by atomic mass is 9.73. The molecule has 0 N–H and O–H groups in total. The summed E-state index contributed by atoms with van der Waals surface area (Å²) >= 11 is 0. The van der Waals surface area contributed by atoms with E-state index in [1.54, 1.807) is 0 Å². The van der Waals surface area contributed by atoms with Gasteiger partial charge in [0.05, 0.1) is 19.1 Å². The molecule has 3 rings (SSSR count). The van der Waals surface area contributed by atoms with Gasteiger partial charge >= 0.3 is 0 Å². The fourth-order valence-corrected chi connectivity index (χ4v) is 3.90. The standard InChI is InChI=1S/C19H27NO3/c1-2-22-15-19-10-6-12-23-17(19)9-11-20(14-19)18(21)13-16-7-4-3-5-8-16/h3-5,7-8,17H,2,6,9-15H2,1H3/t17-,19-/m1/s1. The van der Waals surface area contributed by atoms with Gasteiger partial charge in [0, 0.05) is 31.7 Å². The second-order valence-corrected chi connectivity index (χ2v) is 6.73. The molecule has 1 amide bonds. The van der Waals surface area contributed by atoms with Gasteiger partial charge in [-0.15, -0.1) is 0 Å².